The number of halogens is 4. The zero-order valence-corrected chi connectivity index (χ0v) is 12.6. The third-order valence-corrected chi connectivity index (χ3v) is 4.25. The van der Waals surface area contributed by atoms with Gasteiger partial charge in [-0.1, -0.05) is 51.8 Å². The van der Waals surface area contributed by atoms with Crippen molar-refractivity contribution in [1.82, 2.24) is 0 Å². The summed E-state index contributed by atoms with van der Waals surface area (Å²) in [7, 11) is 0. The molecule has 0 aliphatic rings. The third kappa shape index (κ3) is 3.34. The molecule has 2 aromatic rings. The Bertz CT molecular complexity index is 599. The van der Waals surface area contributed by atoms with Crippen LogP contribution in [0.15, 0.2) is 36.4 Å². The lowest BCUT2D eigenvalue weighted by atomic mass is 10.0. The topological polar surface area (TPSA) is 0 Å². The van der Waals surface area contributed by atoms with Crippen molar-refractivity contribution in [3.8, 4) is 0 Å². The highest BCUT2D eigenvalue weighted by molar-refractivity contribution is 9.09. The van der Waals surface area contributed by atoms with E-state index in [1.165, 1.54) is 6.07 Å². The monoisotopic (exact) mass is 344 g/mol. The fourth-order valence-corrected chi connectivity index (χ4v) is 2.63. The number of benzene rings is 2. The molecule has 0 aliphatic carbocycles. The largest absolute Gasteiger partial charge is 0.204 e. The lowest BCUT2D eigenvalue weighted by Crippen LogP contribution is -2.00. The number of hydrogen-bond donors (Lipinski definition) is 0. The van der Waals surface area contributed by atoms with Crippen molar-refractivity contribution in [2.75, 3.05) is 0 Å². The van der Waals surface area contributed by atoms with E-state index in [2.05, 4.69) is 15.9 Å². The van der Waals surface area contributed by atoms with Crippen LogP contribution < -0.4 is 0 Å². The van der Waals surface area contributed by atoms with Crippen LogP contribution in [0.1, 0.15) is 21.5 Å². The highest BCUT2D eigenvalue weighted by Crippen LogP contribution is 2.30. The zero-order valence-electron chi connectivity index (χ0n) is 10.3. The van der Waals surface area contributed by atoms with Crippen molar-refractivity contribution in [1.29, 1.82) is 0 Å². The minimum Gasteiger partial charge on any atom is -0.204 e. The van der Waals surface area contributed by atoms with Crippen LogP contribution in [0.2, 0.25) is 5.02 Å². The molecule has 19 heavy (non-hydrogen) atoms. The van der Waals surface area contributed by atoms with Crippen molar-refractivity contribution in [3.05, 3.63) is 69.7 Å². The average Bonchev–Trinajstić information content (AvgIpc) is 2.38. The predicted molar refractivity (Wildman–Crippen MR) is 77.9 cm³/mol. The number of hydrogen-bond acceptors (Lipinski definition) is 0. The van der Waals surface area contributed by atoms with Gasteiger partial charge in [-0.15, -0.1) is 0 Å². The number of alkyl halides is 1. The summed E-state index contributed by atoms with van der Waals surface area (Å²) >= 11 is 9.47. The fourth-order valence-electron chi connectivity index (χ4n) is 1.88. The molecule has 1 unspecified atom stereocenters. The van der Waals surface area contributed by atoms with Crippen molar-refractivity contribution in [2.24, 2.45) is 0 Å². The Kier molecular flexibility index (Phi) is 4.58. The van der Waals surface area contributed by atoms with Crippen LogP contribution in [0.4, 0.5) is 8.78 Å². The molecule has 0 saturated heterocycles. The molecule has 0 nitrogen and oxygen atoms in total. The minimum absolute atomic E-state index is 0.0835. The predicted octanol–water partition coefficient (Wildman–Crippen LogP) is 5.61. The van der Waals surface area contributed by atoms with Gasteiger partial charge >= 0.3 is 0 Å². The van der Waals surface area contributed by atoms with E-state index in [9.17, 15) is 8.78 Å². The van der Waals surface area contributed by atoms with Crippen LogP contribution in [-0.2, 0) is 6.42 Å². The van der Waals surface area contributed by atoms with Crippen LogP contribution >= 0.6 is 27.5 Å². The first-order valence-electron chi connectivity index (χ1n) is 5.82. The molecule has 1 atom stereocenters. The van der Waals surface area contributed by atoms with E-state index in [0.717, 1.165) is 17.2 Å². The van der Waals surface area contributed by atoms with E-state index in [0.29, 0.717) is 17.0 Å². The molecule has 2 aromatic carbocycles. The summed E-state index contributed by atoms with van der Waals surface area (Å²) in [6.07, 6.45) is 0.380. The first-order valence-corrected chi connectivity index (χ1v) is 7.11. The molecule has 0 amide bonds. The lowest BCUT2D eigenvalue weighted by molar-refractivity contribution is 0.498. The van der Waals surface area contributed by atoms with Gasteiger partial charge in [0.05, 0.1) is 0 Å². The van der Waals surface area contributed by atoms with Crippen LogP contribution in [0.3, 0.4) is 0 Å². The van der Waals surface area contributed by atoms with E-state index in [4.69, 9.17) is 11.6 Å². The summed E-state index contributed by atoms with van der Waals surface area (Å²) in [4.78, 5) is -0.0835. The average molecular weight is 346 g/mol. The van der Waals surface area contributed by atoms with Crippen molar-refractivity contribution >= 4 is 27.5 Å². The van der Waals surface area contributed by atoms with Crippen molar-refractivity contribution < 1.29 is 8.78 Å². The molecule has 0 aliphatic heterocycles. The van der Waals surface area contributed by atoms with Gasteiger partial charge in [0.25, 0.3) is 0 Å². The summed E-state index contributed by atoms with van der Waals surface area (Å²) in [6, 6.07) is 9.86. The van der Waals surface area contributed by atoms with Gasteiger partial charge in [-0.05, 0) is 42.2 Å². The van der Waals surface area contributed by atoms with Gasteiger partial charge in [-0.2, -0.15) is 0 Å². The minimum atomic E-state index is -0.815. The highest BCUT2D eigenvalue weighted by Gasteiger charge is 2.14. The first-order chi connectivity index (χ1) is 8.99. The van der Waals surface area contributed by atoms with E-state index in [1.54, 1.807) is 6.07 Å². The van der Waals surface area contributed by atoms with E-state index < -0.39 is 11.6 Å². The maximum atomic E-state index is 13.6. The van der Waals surface area contributed by atoms with Crippen LogP contribution in [0.5, 0.6) is 0 Å². The first kappa shape index (κ1) is 14.5. The summed E-state index contributed by atoms with van der Waals surface area (Å²) in [5.41, 5.74) is 2.31. The second-order valence-corrected chi connectivity index (χ2v) is 5.91. The Morgan fingerprint density at radius 1 is 1.21 bits per heavy atom. The second kappa shape index (κ2) is 6.02. The molecule has 0 aromatic heterocycles. The molecule has 2 rings (SSSR count). The molecule has 0 bridgehead atoms. The Morgan fingerprint density at radius 3 is 2.63 bits per heavy atom. The molecule has 0 radical (unpaired) electrons. The molecule has 0 saturated carbocycles. The second-order valence-electron chi connectivity index (χ2n) is 4.39. The lowest BCUT2D eigenvalue weighted by Gasteiger charge is -2.12. The summed E-state index contributed by atoms with van der Waals surface area (Å²) in [6.45, 7) is 1.91. The van der Waals surface area contributed by atoms with Gasteiger partial charge in [0.1, 0.15) is 0 Å². The van der Waals surface area contributed by atoms with Gasteiger partial charge in [-0.3, -0.25) is 0 Å². The van der Waals surface area contributed by atoms with E-state index >= 15 is 0 Å². The standard InChI is InChI=1S/C15H12BrClF2/c1-9-7-10(5-6-13(9)17)12(16)8-11-3-2-4-14(18)15(11)19/h2-7,12H,8H2,1H3. The smallest absolute Gasteiger partial charge is 0.162 e. The zero-order chi connectivity index (χ0) is 14.0. The fraction of sp³-hybridized carbons (Fsp3) is 0.200. The van der Waals surface area contributed by atoms with E-state index in [1.807, 2.05) is 25.1 Å². The molecule has 100 valence electrons. The Morgan fingerprint density at radius 2 is 1.95 bits per heavy atom. The van der Waals surface area contributed by atoms with Crippen molar-refractivity contribution in [2.45, 2.75) is 18.2 Å². The Labute approximate surface area is 124 Å². The Hall–Kier alpha value is -0.930. The van der Waals surface area contributed by atoms with Crippen LogP contribution in [-0.4, -0.2) is 0 Å². The normalized spacial score (nSPS) is 12.5. The molecule has 4 heteroatoms. The van der Waals surface area contributed by atoms with Gasteiger partial charge in [0.15, 0.2) is 11.6 Å². The van der Waals surface area contributed by atoms with Gasteiger partial charge < -0.3 is 0 Å². The number of rotatable bonds is 3. The summed E-state index contributed by atoms with van der Waals surface area (Å²) in [5, 5.41) is 0.695. The third-order valence-electron chi connectivity index (χ3n) is 2.97. The molecule has 0 spiro atoms. The molecule has 0 heterocycles. The highest BCUT2D eigenvalue weighted by atomic mass is 79.9. The number of aryl methyl sites for hydroxylation is 1. The molecular formula is C15H12BrClF2. The Balaban J connectivity index is 2.23. The quantitative estimate of drug-likeness (QED) is 0.635. The van der Waals surface area contributed by atoms with Gasteiger partial charge in [0, 0.05) is 9.85 Å². The maximum absolute atomic E-state index is 13.6. The summed E-state index contributed by atoms with van der Waals surface area (Å²) in [5.74, 6) is -1.60. The van der Waals surface area contributed by atoms with Gasteiger partial charge in [0.2, 0.25) is 0 Å². The van der Waals surface area contributed by atoms with Crippen LogP contribution in [0, 0.1) is 18.6 Å². The SMILES string of the molecule is Cc1cc(C(Br)Cc2cccc(F)c2F)ccc1Cl. The maximum Gasteiger partial charge on any atom is 0.162 e. The molecule has 0 fully saturated rings. The van der Waals surface area contributed by atoms with Crippen LogP contribution in [0.25, 0.3) is 0 Å². The summed E-state index contributed by atoms with van der Waals surface area (Å²) < 4.78 is 26.7. The molecule has 0 N–H and O–H groups in total. The van der Waals surface area contributed by atoms with E-state index in [-0.39, 0.29) is 4.83 Å². The van der Waals surface area contributed by atoms with Gasteiger partial charge in [-0.25, -0.2) is 8.78 Å². The molecular weight excluding hydrogens is 334 g/mol. The van der Waals surface area contributed by atoms with Crippen molar-refractivity contribution in [3.63, 3.8) is 0 Å².